The highest BCUT2D eigenvalue weighted by Gasteiger charge is 2.24. The number of amides is 2. The molecule has 37 heavy (non-hydrogen) atoms. The Labute approximate surface area is 213 Å². The first kappa shape index (κ1) is 25.6. The Balaban J connectivity index is 1.49. The molecule has 0 bridgehead atoms. The van der Waals surface area contributed by atoms with Gasteiger partial charge in [0, 0.05) is 24.7 Å². The molecule has 0 spiro atoms. The van der Waals surface area contributed by atoms with Crippen LogP contribution in [-0.2, 0) is 0 Å². The van der Waals surface area contributed by atoms with Crippen molar-refractivity contribution in [2.75, 3.05) is 22.6 Å². The summed E-state index contributed by atoms with van der Waals surface area (Å²) in [6.45, 7) is 3.50. The van der Waals surface area contributed by atoms with Gasteiger partial charge in [0.25, 0.3) is 11.8 Å². The first-order valence-electron chi connectivity index (χ1n) is 10.8. The average molecular weight is 528 g/mol. The number of hydrogen-bond acceptors (Lipinski definition) is 7. The first-order chi connectivity index (χ1) is 17.5. The molecule has 12 heteroatoms. The number of nitrogens with zero attached hydrogens (tertiary/aromatic N) is 3. The van der Waals surface area contributed by atoms with Gasteiger partial charge in [-0.1, -0.05) is 23.5 Å². The first-order valence-corrected chi connectivity index (χ1v) is 11.6. The lowest BCUT2D eigenvalue weighted by Gasteiger charge is -2.18. The predicted molar refractivity (Wildman–Crippen MR) is 134 cm³/mol. The molecule has 0 unspecified atom stereocenters. The predicted octanol–water partition coefficient (Wildman–Crippen LogP) is 5.55. The van der Waals surface area contributed by atoms with E-state index < -0.39 is 34.8 Å². The van der Waals surface area contributed by atoms with E-state index in [1.54, 1.807) is 38.1 Å². The number of aromatic hydroxyl groups is 1. The lowest BCUT2D eigenvalue weighted by atomic mass is 10.1. The second-order valence-electron chi connectivity index (χ2n) is 8.00. The summed E-state index contributed by atoms with van der Waals surface area (Å²) < 4.78 is 41.3. The second kappa shape index (κ2) is 10.3. The minimum absolute atomic E-state index is 0.0579. The molecule has 0 atom stereocenters. The number of nitrogens with one attached hydrogen (secondary N) is 2. The minimum atomic E-state index is -1.33. The molecule has 0 radical (unpaired) electrons. The van der Waals surface area contributed by atoms with E-state index in [4.69, 9.17) is 0 Å². The SMILES string of the molecule is Cc1ccc(O)c(C)c1NC(=O)c1cnc(Nc2cccc(N(C)C(=O)c3c(F)cc(F)cc3F)n2)s1. The maximum absolute atomic E-state index is 14.1. The summed E-state index contributed by atoms with van der Waals surface area (Å²) in [7, 11) is 1.27. The van der Waals surface area contributed by atoms with Gasteiger partial charge in [-0.15, -0.1) is 0 Å². The zero-order valence-corrected chi connectivity index (χ0v) is 20.6. The van der Waals surface area contributed by atoms with Crippen molar-refractivity contribution >= 4 is 45.6 Å². The number of phenols is 1. The molecule has 190 valence electrons. The van der Waals surface area contributed by atoms with Crippen LogP contribution in [0.4, 0.5) is 35.6 Å². The fraction of sp³-hybridized carbons (Fsp3) is 0.120. The van der Waals surface area contributed by atoms with Crippen molar-refractivity contribution in [2.45, 2.75) is 13.8 Å². The quantitative estimate of drug-likeness (QED) is 0.304. The summed E-state index contributed by atoms with van der Waals surface area (Å²) in [6.07, 6.45) is 1.37. The third-order valence-electron chi connectivity index (χ3n) is 5.45. The molecule has 0 fully saturated rings. The summed E-state index contributed by atoms with van der Waals surface area (Å²) in [5.74, 6) is -4.89. The average Bonchev–Trinajstić information content (AvgIpc) is 3.31. The van der Waals surface area contributed by atoms with E-state index in [0.29, 0.717) is 28.5 Å². The Morgan fingerprint density at radius 3 is 2.46 bits per heavy atom. The lowest BCUT2D eigenvalue weighted by molar-refractivity contribution is 0.0982. The van der Waals surface area contributed by atoms with Gasteiger partial charge < -0.3 is 15.7 Å². The Morgan fingerprint density at radius 1 is 1.05 bits per heavy atom. The van der Waals surface area contributed by atoms with E-state index in [0.717, 1.165) is 21.8 Å². The van der Waals surface area contributed by atoms with E-state index in [1.165, 1.54) is 19.3 Å². The fourth-order valence-electron chi connectivity index (χ4n) is 3.45. The van der Waals surface area contributed by atoms with Gasteiger partial charge in [0.15, 0.2) is 5.13 Å². The summed E-state index contributed by atoms with van der Waals surface area (Å²) in [6, 6.07) is 8.67. The normalized spacial score (nSPS) is 10.8. The van der Waals surface area contributed by atoms with Gasteiger partial charge in [0.1, 0.15) is 45.3 Å². The number of benzene rings is 2. The molecule has 2 amide bonds. The molecule has 3 N–H and O–H groups in total. The van der Waals surface area contributed by atoms with Gasteiger partial charge >= 0.3 is 0 Å². The number of hydrogen-bond donors (Lipinski definition) is 3. The van der Waals surface area contributed by atoms with Crippen LogP contribution >= 0.6 is 11.3 Å². The number of rotatable bonds is 6. The number of carbonyl (C=O) groups is 2. The van der Waals surface area contributed by atoms with Gasteiger partial charge in [-0.05, 0) is 37.6 Å². The monoisotopic (exact) mass is 527 g/mol. The molecule has 0 saturated heterocycles. The number of halogens is 3. The zero-order chi connectivity index (χ0) is 26.9. The van der Waals surface area contributed by atoms with Gasteiger partial charge in [0.05, 0.1) is 11.9 Å². The molecular formula is C25H20F3N5O3S. The number of phenolic OH excluding ortho intramolecular Hbond substituents is 1. The van der Waals surface area contributed by atoms with E-state index in [9.17, 15) is 27.9 Å². The zero-order valence-electron chi connectivity index (χ0n) is 19.8. The second-order valence-corrected chi connectivity index (χ2v) is 9.03. The summed E-state index contributed by atoms with van der Waals surface area (Å²) in [5, 5.41) is 15.9. The maximum Gasteiger partial charge on any atom is 0.267 e. The van der Waals surface area contributed by atoms with Crippen LogP contribution in [0.25, 0.3) is 0 Å². The number of pyridine rings is 1. The Kier molecular flexibility index (Phi) is 7.11. The third kappa shape index (κ3) is 5.38. The van der Waals surface area contributed by atoms with Crippen LogP contribution in [0.3, 0.4) is 0 Å². The maximum atomic E-state index is 14.1. The van der Waals surface area contributed by atoms with Crippen molar-refractivity contribution in [1.82, 2.24) is 9.97 Å². The molecule has 0 aliphatic heterocycles. The van der Waals surface area contributed by atoms with Crippen molar-refractivity contribution in [1.29, 1.82) is 0 Å². The van der Waals surface area contributed by atoms with Crippen molar-refractivity contribution < 1.29 is 27.9 Å². The number of thiazole rings is 1. The molecule has 2 heterocycles. The Hall–Kier alpha value is -4.45. The van der Waals surface area contributed by atoms with Gasteiger partial charge in [-0.3, -0.25) is 14.5 Å². The van der Waals surface area contributed by atoms with Crippen LogP contribution in [0.2, 0.25) is 0 Å². The highest BCUT2D eigenvalue weighted by molar-refractivity contribution is 7.17. The van der Waals surface area contributed by atoms with Crippen molar-refractivity contribution in [2.24, 2.45) is 0 Å². The van der Waals surface area contributed by atoms with Crippen LogP contribution in [0, 0.1) is 31.3 Å². The van der Waals surface area contributed by atoms with E-state index in [2.05, 4.69) is 20.6 Å². The third-order valence-corrected chi connectivity index (χ3v) is 6.36. The van der Waals surface area contributed by atoms with Crippen LogP contribution in [0.15, 0.2) is 48.7 Å². The van der Waals surface area contributed by atoms with Crippen molar-refractivity contribution in [3.05, 3.63) is 87.7 Å². The molecule has 0 aliphatic carbocycles. The fourth-order valence-corrected chi connectivity index (χ4v) is 4.17. The van der Waals surface area contributed by atoms with Crippen LogP contribution in [0.1, 0.15) is 31.2 Å². The van der Waals surface area contributed by atoms with Crippen LogP contribution in [-0.4, -0.2) is 33.9 Å². The van der Waals surface area contributed by atoms with Crippen molar-refractivity contribution in [3.63, 3.8) is 0 Å². The van der Waals surface area contributed by atoms with Crippen molar-refractivity contribution in [3.8, 4) is 5.75 Å². The standard InChI is InChI=1S/C25H20F3N5O3S/c1-12-7-8-17(34)13(2)22(12)32-23(35)18-11-29-25(37-18)31-19-5-4-6-20(30-19)33(3)24(36)21-15(27)9-14(26)10-16(21)28/h4-11,34H,1-3H3,(H,32,35)(H,29,30,31). The highest BCUT2D eigenvalue weighted by Crippen LogP contribution is 2.30. The number of anilines is 4. The molecule has 2 aromatic heterocycles. The Bertz CT molecular complexity index is 1500. The van der Waals surface area contributed by atoms with E-state index in [-0.39, 0.29) is 22.3 Å². The van der Waals surface area contributed by atoms with Crippen LogP contribution < -0.4 is 15.5 Å². The summed E-state index contributed by atoms with van der Waals surface area (Å²) >= 11 is 1.04. The van der Waals surface area contributed by atoms with Gasteiger partial charge in [-0.25, -0.2) is 23.1 Å². The summed E-state index contributed by atoms with van der Waals surface area (Å²) in [5.41, 5.74) is 0.920. The molecule has 4 rings (SSSR count). The van der Waals surface area contributed by atoms with Crippen LogP contribution in [0.5, 0.6) is 5.75 Å². The number of aromatic nitrogens is 2. The molecular weight excluding hydrogens is 507 g/mol. The lowest BCUT2D eigenvalue weighted by Crippen LogP contribution is -2.29. The van der Waals surface area contributed by atoms with E-state index >= 15 is 0 Å². The molecule has 2 aromatic carbocycles. The minimum Gasteiger partial charge on any atom is -0.508 e. The van der Waals surface area contributed by atoms with E-state index in [1.807, 2.05) is 0 Å². The summed E-state index contributed by atoms with van der Waals surface area (Å²) in [4.78, 5) is 35.0. The smallest absolute Gasteiger partial charge is 0.267 e. The molecule has 4 aromatic rings. The molecule has 0 aliphatic rings. The number of aryl methyl sites for hydroxylation is 1. The largest absolute Gasteiger partial charge is 0.508 e. The number of carbonyl (C=O) groups excluding carboxylic acids is 2. The van der Waals surface area contributed by atoms with Gasteiger partial charge in [-0.2, -0.15) is 0 Å². The topological polar surface area (TPSA) is 107 Å². The highest BCUT2D eigenvalue weighted by atomic mass is 32.1. The van der Waals surface area contributed by atoms with Gasteiger partial charge in [0.2, 0.25) is 0 Å². The Morgan fingerprint density at radius 2 is 1.76 bits per heavy atom. The molecule has 8 nitrogen and oxygen atoms in total. The molecule has 0 saturated carbocycles.